The first-order valence-electron chi connectivity index (χ1n) is 7.65. The number of H-pyrrole nitrogens is 1. The molecule has 0 unspecified atom stereocenters. The summed E-state index contributed by atoms with van der Waals surface area (Å²) in [6.07, 6.45) is 3.70. The number of benzene rings is 1. The topological polar surface area (TPSA) is 72.1 Å². The summed E-state index contributed by atoms with van der Waals surface area (Å²) < 4.78 is 10.7. The van der Waals surface area contributed by atoms with Gasteiger partial charge in [-0.1, -0.05) is 0 Å². The Bertz CT molecular complexity index is 1020. The lowest BCUT2D eigenvalue weighted by Gasteiger charge is -2.10. The number of hydrogen-bond donors (Lipinski definition) is 2. The molecule has 1 aromatic carbocycles. The maximum Gasteiger partial charge on any atom is 0.187 e. The zero-order valence-corrected chi connectivity index (χ0v) is 14.6. The summed E-state index contributed by atoms with van der Waals surface area (Å²) >= 11 is 1.53. The van der Waals surface area contributed by atoms with Crippen molar-refractivity contribution in [2.75, 3.05) is 19.5 Å². The molecule has 0 fully saturated rings. The molecule has 3 aromatic heterocycles. The Hall–Kier alpha value is -3.06. The zero-order chi connectivity index (χ0) is 17.2. The summed E-state index contributed by atoms with van der Waals surface area (Å²) in [5, 5.41) is 7.16. The van der Waals surface area contributed by atoms with E-state index in [0.717, 1.165) is 44.6 Å². The van der Waals surface area contributed by atoms with E-state index in [4.69, 9.17) is 14.5 Å². The van der Waals surface area contributed by atoms with E-state index < -0.39 is 0 Å². The van der Waals surface area contributed by atoms with Crippen molar-refractivity contribution in [3.63, 3.8) is 0 Å². The van der Waals surface area contributed by atoms with Crippen LogP contribution >= 0.6 is 11.3 Å². The summed E-state index contributed by atoms with van der Waals surface area (Å²) in [7, 11) is 3.28. The molecule has 0 aliphatic rings. The van der Waals surface area contributed by atoms with Gasteiger partial charge in [0.05, 0.1) is 25.6 Å². The predicted molar refractivity (Wildman–Crippen MR) is 100 cm³/mol. The summed E-state index contributed by atoms with van der Waals surface area (Å²) in [6, 6.07) is 9.56. The largest absolute Gasteiger partial charge is 0.497 e. The number of aromatic nitrogens is 3. The van der Waals surface area contributed by atoms with Crippen LogP contribution in [0.3, 0.4) is 0 Å². The molecular formula is C18H16N4O2S. The van der Waals surface area contributed by atoms with Gasteiger partial charge in [0.25, 0.3) is 0 Å². The highest BCUT2D eigenvalue weighted by Gasteiger charge is 2.12. The molecule has 0 saturated heterocycles. The van der Waals surface area contributed by atoms with Crippen LogP contribution < -0.4 is 14.8 Å². The molecule has 0 spiro atoms. The predicted octanol–water partition coefficient (Wildman–Crippen LogP) is 4.45. The molecule has 126 valence electrons. The van der Waals surface area contributed by atoms with Crippen LogP contribution in [0.2, 0.25) is 0 Å². The van der Waals surface area contributed by atoms with Crippen LogP contribution in [0.15, 0.2) is 48.1 Å². The Labute approximate surface area is 148 Å². The fourth-order valence-electron chi connectivity index (χ4n) is 2.65. The van der Waals surface area contributed by atoms with Crippen molar-refractivity contribution in [2.24, 2.45) is 0 Å². The standard InChI is InChI=1S/C18H16N4O2S/c1-23-11-5-6-16(24-2)14(8-11)21-18-22-15(10-25-18)13-9-20-17-12(13)4-3-7-19-17/h3-10H,1-2H3,(H,19,20)(H,21,22). The maximum absolute atomic E-state index is 5.40. The number of fused-ring (bicyclic) bond motifs is 1. The van der Waals surface area contributed by atoms with Crippen LogP contribution in [0.4, 0.5) is 10.8 Å². The van der Waals surface area contributed by atoms with Gasteiger partial charge in [-0.3, -0.25) is 0 Å². The van der Waals surface area contributed by atoms with E-state index in [2.05, 4.69) is 15.3 Å². The van der Waals surface area contributed by atoms with Gasteiger partial charge in [0.1, 0.15) is 17.1 Å². The number of rotatable bonds is 5. The molecule has 0 radical (unpaired) electrons. The van der Waals surface area contributed by atoms with Gasteiger partial charge in [0.15, 0.2) is 5.13 Å². The van der Waals surface area contributed by atoms with Gasteiger partial charge in [-0.2, -0.15) is 0 Å². The zero-order valence-electron chi connectivity index (χ0n) is 13.7. The molecule has 25 heavy (non-hydrogen) atoms. The van der Waals surface area contributed by atoms with E-state index in [0.29, 0.717) is 0 Å². The van der Waals surface area contributed by atoms with Crippen LogP contribution in [0.1, 0.15) is 0 Å². The third-order valence-electron chi connectivity index (χ3n) is 3.88. The molecule has 2 N–H and O–H groups in total. The normalized spacial score (nSPS) is 10.8. The minimum absolute atomic E-state index is 0.730. The highest BCUT2D eigenvalue weighted by Crippen LogP contribution is 2.35. The minimum Gasteiger partial charge on any atom is -0.497 e. The monoisotopic (exact) mass is 352 g/mol. The molecule has 3 heterocycles. The Morgan fingerprint density at radius 3 is 2.92 bits per heavy atom. The van der Waals surface area contributed by atoms with E-state index in [9.17, 15) is 0 Å². The number of methoxy groups -OCH3 is 2. The molecule has 7 heteroatoms. The number of aromatic amines is 1. The van der Waals surface area contributed by atoms with Crippen LogP contribution in [0.5, 0.6) is 11.5 Å². The molecule has 0 saturated carbocycles. The van der Waals surface area contributed by atoms with Crippen molar-refractivity contribution in [1.29, 1.82) is 0 Å². The fraction of sp³-hybridized carbons (Fsp3) is 0.111. The Kier molecular flexibility index (Phi) is 3.99. The van der Waals surface area contributed by atoms with Crippen molar-refractivity contribution in [3.8, 4) is 22.8 Å². The van der Waals surface area contributed by atoms with Gasteiger partial charge >= 0.3 is 0 Å². The smallest absolute Gasteiger partial charge is 0.187 e. The number of ether oxygens (including phenoxy) is 2. The molecule has 0 aliphatic carbocycles. The highest BCUT2D eigenvalue weighted by atomic mass is 32.1. The van der Waals surface area contributed by atoms with Crippen LogP contribution in [0, 0.1) is 0 Å². The first kappa shape index (κ1) is 15.5. The molecule has 6 nitrogen and oxygen atoms in total. The number of nitrogens with zero attached hydrogens (tertiary/aromatic N) is 2. The van der Waals surface area contributed by atoms with Gasteiger partial charge in [-0.25, -0.2) is 9.97 Å². The molecule has 4 aromatic rings. The minimum atomic E-state index is 0.730. The molecule has 0 atom stereocenters. The third-order valence-corrected chi connectivity index (χ3v) is 4.64. The first-order valence-corrected chi connectivity index (χ1v) is 8.53. The van der Waals surface area contributed by atoms with E-state index in [1.54, 1.807) is 20.4 Å². The van der Waals surface area contributed by atoms with Crippen LogP contribution in [-0.4, -0.2) is 29.2 Å². The molecule has 0 aliphatic heterocycles. The SMILES string of the molecule is COc1ccc(OC)c(Nc2nc(-c3c[nH]c4ncccc34)cs2)c1. The van der Waals surface area contributed by atoms with Gasteiger partial charge in [-0.05, 0) is 24.3 Å². The maximum atomic E-state index is 5.40. The van der Waals surface area contributed by atoms with Gasteiger partial charge < -0.3 is 19.8 Å². The van der Waals surface area contributed by atoms with Crippen molar-refractivity contribution in [3.05, 3.63) is 48.1 Å². The second-order valence-electron chi connectivity index (χ2n) is 5.33. The second-order valence-corrected chi connectivity index (χ2v) is 6.19. The fourth-order valence-corrected chi connectivity index (χ4v) is 3.37. The van der Waals surface area contributed by atoms with Crippen molar-refractivity contribution in [2.45, 2.75) is 0 Å². The average Bonchev–Trinajstić information content (AvgIpc) is 3.28. The van der Waals surface area contributed by atoms with Crippen LogP contribution in [0.25, 0.3) is 22.3 Å². The summed E-state index contributed by atoms with van der Waals surface area (Å²) in [4.78, 5) is 12.2. The van der Waals surface area contributed by atoms with E-state index in [-0.39, 0.29) is 0 Å². The summed E-state index contributed by atoms with van der Waals surface area (Å²) in [5.41, 5.74) is 3.59. The van der Waals surface area contributed by atoms with E-state index in [1.165, 1.54) is 11.3 Å². The third kappa shape index (κ3) is 2.89. The van der Waals surface area contributed by atoms with Crippen LogP contribution in [-0.2, 0) is 0 Å². The molecule has 0 amide bonds. The first-order chi connectivity index (χ1) is 12.3. The molecule has 0 bridgehead atoms. The summed E-state index contributed by atoms with van der Waals surface area (Å²) in [6.45, 7) is 0. The summed E-state index contributed by atoms with van der Waals surface area (Å²) in [5.74, 6) is 1.48. The van der Waals surface area contributed by atoms with Crippen molar-refractivity contribution in [1.82, 2.24) is 15.0 Å². The Balaban J connectivity index is 1.66. The number of thiazole rings is 1. The van der Waals surface area contributed by atoms with E-state index in [1.807, 2.05) is 41.9 Å². The van der Waals surface area contributed by atoms with Gasteiger partial charge in [-0.15, -0.1) is 11.3 Å². The van der Waals surface area contributed by atoms with Gasteiger partial charge in [0, 0.05) is 34.8 Å². The molecular weight excluding hydrogens is 336 g/mol. The number of hydrogen-bond acceptors (Lipinski definition) is 6. The lowest BCUT2D eigenvalue weighted by Crippen LogP contribution is -1.95. The quantitative estimate of drug-likeness (QED) is 0.555. The number of nitrogens with one attached hydrogen (secondary N) is 2. The second kappa shape index (κ2) is 6.45. The Morgan fingerprint density at radius 1 is 1.16 bits per heavy atom. The van der Waals surface area contributed by atoms with Crippen molar-refractivity contribution < 1.29 is 9.47 Å². The number of anilines is 2. The highest BCUT2D eigenvalue weighted by molar-refractivity contribution is 7.14. The molecule has 4 rings (SSSR count). The average molecular weight is 352 g/mol. The van der Waals surface area contributed by atoms with Crippen molar-refractivity contribution >= 4 is 33.2 Å². The lowest BCUT2D eigenvalue weighted by molar-refractivity contribution is 0.405. The Morgan fingerprint density at radius 2 is 2.08 bits per heavy atom. The van der Waals surface area contributed by atoms with Gasteiger partial charge in [0.2, 0.25) is 0 Å². The lowest BCUT2D eigenvalue weighted by atomic mass is 10.2. The number of pyridine rings is 1. The van der Waals surface area contributed by atoms with E-state index >= 15 is 0 Å².